The summed E-state index contributed by atoms with van der Waals surface area (Å²) in [6.45, 7) is 0. The Morgan fingerprint density at radius 3 is 2.53 bits per heavy atom. The molecule has 1 heterocycles. The molecule has 2 rings (SSSR count). The summed E-state index contributed by atoms with van der Waals surface area (Å²) in [6.07, 6.45) is -3.51. The van der Waals surface area contributed by atoms with Gasteiger partial charge in [0.05, 0.1) is 5.69 Å². The van der Waals surface area contributed by atoms with Crippen molar-refractivity contribution in [1.82, 2.24) is 4.98 Å². The number of halogens is 3. The fourth-order valence-electron chi connectivity index (χ4n) is 1.58. The molecule has 4 nitrogen and oxygen atoms in total. The molecule has 3 N–H and O–H groups in total. The second-order valence-electron chi connectivity index (χ2n) is 3.72. The second kappa shape index (κ2) is 4.68. The van der Waals surface area contributed by atoms with Crippen LogP contribution in [0.3, 0.4) is 0 Å². The number of benzene rings is 1. The van der Waals surface area contributed by atoms with Gasteiger partial charge in [-0.15, -0.1) is 13.2 Å². The van der Waals surface area contributed by atoms with Crippen LogP contribution in [0.4, 0.5) is 18.9 Å². The van der Waals surface area contributed by atoms with E-state index >= 15 is 0 Å². The minimum Gasteiger partial charge on any atom is -0.405 e. The van der Waals surface area contributed by atoms with Crippen molar-refractivity contribution in [3.05, 3.63) is 46.9 Å². The van der Waals surface area contributed by atoms with Gasteiger partial charge in [-0.2, -0.15) is 0 Å². The van der Waals surface area contributed by atoms with Crippen LogP contribution in [0.2, 0.25) is 0 Å². The van der Waals surface area contributed by atoms with E-state index in [1.54, 1.807) is 6.07 Å². The Hall–Kier alpha value is -2.44. The van der Waals surface area contributed by atoms with E-state index in [1.807, 2.05) is 0 Å². The SMILES string of the molecule is Nc1cc(-c2ccccc2OC(F)(F)F)c[nH]c1=O. The highest BCUT2D eigenvalue weighted by atomic mass is 19.4. The Kier molecular flexibility index (Phi) is 3.20. The Bertz CT molecular complexity index is 650. The predicted octanol–water partition coefficient (Wildman–Crippen LogP) is 2.52. The minimum atomic E-state index is -4.79. The van der Waals surface area contributed by atoms with Crippen molar-refractivity contribution in [1.29, 1.82) is 0 Å². The number of nitrogens with one attached hydrogen (secondary N) is 1. The molecule has 0 atom stereocenters. The van der Waals surface area contributed by atoms with Gasteiger partial charge in [-0.05, 0) is 12.1 Å². The van der Waals surface area contributed by atoms with Gasteiger partial charge < -0.3 is 15.5 Å². The van der Waals surface area contributed by atoms with E-state index in [0.717, 1.165) is 0 Å². The quantitative estimate of drug-likeness (QED) is 0.881. The minimum absolute atomic E-state index is 0.0840. The zero-order valence-corrected chi connectivity index (χ0v) is 9.49. The highest BCUT2D eigenvalue weighted by Gasteiger charge is 2.32. The van der Waals surface area contributed by atoms with E-state index in [-0.39, 0.29) is 17.0 Å². The summed E-state index contributed by atoms with van der Waals surface area (Å²) >= 11 is 0. The number of hydrogen-bond acceptors (Lipinski definition) is 3. The zero-order chi connectivity index (χ0) is 14.0. The van der Waals surface area contributed by atoms with E-state index in [9.17, 15) is 18.0 Å². The lowest BCUT2D eigenvalue weighted by Crippen LogP contribution is -2.17. The number of rotatable bonds is 2. The summed E-state index contributed by atoms with van der Waals surface area (Å²) in [6, 6.07) is 6.88. The summed E-state index contributed by atoms with van der Waals surface area (Å²) < 4.78 is 40.8. The first kappa shape index (κ1) is 13.0. The van der Waals surface area contributed by atoms with E-state index in [4.69, 9.17) is 5.73 Å². The first-order valence-electron chi connectivity index (χ1n) is 5.20. The molecule has 100 valence electrons. The topological polar surface area (TPSA) is 68.1 Å². The number of H-pyrrole nitrogens is 1. The van der Waals surface area contributed by atoms with Crippen molar-refractivity contribution in [2.24, 2.45) is 0 Å². The fraction of sp³-hybridized carbons (Fsp3) is 0.0833. The highest BCUT2D eigenvalue weighted by Crippen LogP contribution is 2.33. The molecule has 0 aliphatic carbocycles. The van der Waals surface area contributed by atoms with E-state index in [2.05, 4.69) is 9.72 Å². The largest absolute Gasteiger partial charge is 0.573 e. The summed E-state index contributed by atoms with van der Waals surface area (Å²) in [7, 11) is 0. The Morgan fingerprint density at radius 1 is 1.21 bits per heavy atom. The fourth-order valence-corrected chi connectivity index (χ4v) is 1.58. The van der Waals surface area contributed by atoms with Crippen LogP contribution in [0, 0.1) is 0 Å². The highest BCUT2D eigenvalue weighted by molar-refractivity contribution is 5.71. The van der Waals surface area contributed by atoms with Crippen LogP contribution in [-0.2, 0) is 0 Å². The molecule has 0 bridgehead atoms. The van der Waals surface area contributed by atoms with Crippen LogP contribution in [0.1, 0.15) is 0 Å². The predicted molar refractivity (Wildman–Crippen MR) is 63.6 cm³/mol. The number of alkyl halides is 3. The summed E-state index contributed by atoms with van der Waals surface area (Å²) in [5, 5.41) is 0. The van der Waals surface area contributed by atoms with Gasteiger partial charge in [0.2, 0.25) is 0 Å². The summed E-state index contributed by atoms with van der Waals surface area (Å²) in [5.74, 6) is -0.360. The standard InChI is InChI=1S/C12H9F3N2O2/c13-12(14,15)19-10-4-2-1-3-8(10)7-5-9(16)11(18)17-6-7/h1-6H,16H2,(H,17,18). The monoisotopic (exact) mass is 270 g/mol. The van der Waals surface area contributed by atoms with Gasteiger partial charge in [0.25, 0.3) is 5.56 Å². The molecule has 19 heavy (non-hydrogen) atoms. The number of nitrogens with two attached hydrogens (primary N) is 1. The maximum atomic E-state index is 12.3. The first-order chi connectivity index (χ1) is 8.87. The van der Waals surface area contributed by atoms with Gasteiger partial charge >= 0.3 is 6.36 Å². The van der Waals surface area contributed by atoms with Gasteiger partial charge in [-0.3, -0.25) is 4.79 Å². The number of ether oxygens (including phenoxy) is 1. The normalized spacial score (nSPS) is 11.3. The van der Waals surface area contributed by atoms with Gasteiger partial charge in [0.15, 0.2) is 0 Å². The number of para-hydroxylation sites is 1. The van der Waals surface area contributed by atoms with Gasteiger partial charge in [0, 0.05) is 17.3 Å². The van der Waals surface area contributed by atoms with Crippen molar-refractivity contribution >= 4 is 5.69 Å². The van der Waals surface area contributed by atoms with Crippen LogP contribution >= 0.6 is 0 Å². The van der Waals surface area contributed by atoms with E-state index < -0.39 is 11.9 Å². The van der Waals surface area contributed by atoms with Crippen LogP contribution in [-0.4, -0.2) is 11.3 Å². The molecule has 0 amide bonds. The lowest BCUT2D eigenvalue weighted by Gasteiger charge is -2.13. The van der Waals surface area contributed by atoms with Gasteiger partial charge in [0.1, 0.15) is 5.75 Å². The van der Waals surface area contributed by atoms with Crippen LogP contribution in [0.5, 0.6) is 5.75 Å². The van der Waals surface area contributed by atoms with Gasteiger partial charge in [-0.25, -0.2) is 0 Å². The Morgan fingerprint density at radius 2 is 1.89 bits per heavy atom. The Balaban J connectivity index is 2.50. The number of aromatic nitrogens is 1. The van der Waals surface area contributed by atoms with Crippen molar-refractivity contribution in [2.45, 2.75) is 6.36 Å². The molecule has 0 radical (unpaired) electrons. The molecule has 0 fully saturated rings. The zero-order valence-electron chi connectivity index (χ0n) is 9.49. The van der Waals surface area contributed by atoms with Crippen molar-refractivity contribution in [3.8, 4) is 16.9 Å². The molecular formula is C12H9F3N2O2. The maximum absolute atomic E-state index is 12.3. The third kappa shape index (κ3) is 3.06. The molecule has 0 saturated heterocycles. The van der Waals surface area contributed by atoms with Crippen LogP contribution < -0.4 is 16.0 Å². The Labute approximate surface area is 105 Å². The molecule has 0 saturated carbocycles. The van der Waals surface area contributed by atoms with Crippen LogP contribution in [0.25, 0.3) is 11.1 Å². The van der Waals surface area contributed by atoms with E-state index in [0.29, 0.717) is 5.56 Å². The number of hydrogen-bond donors (Lipinski definition) is 2. The number of nitrogen functional groups attached to an aromatic ring is 1. The summed E-state index contributed by atoms with van der Waals surface area (Å²) in [5.41, 5.74) is 5.36. The maximum Gasteiger partial charge on any atom is 0.573 e. The number of pyridine rings is 1. The lowest BCUT2D eigenvalue weighted by molar-refractivity contribution is -0.274. The van der Waals surface area contributed by atoms with Gasteiger partial charge in [-0.1, -0.05) is 18.2 Å². The third-order valence-corrected chi connectivity index (χ3v) is 2.36. The van der Waals surface area contributed by atoms with E-state index in [1.165, 1.54) is 30.5 Å². The smallest absolute Gasteiger partial charge is 0.405 e. The lowest BCUT2D eigenvalue weighted by atomic mass is 10.1. The molecule has 0 unspecified atom stereocenters. The molecule has 0 aliphatic rings. The first-order valence-corrected chi connectivity index (χ1v) is 5.20. The number of aromatic amines is 1. The molecule has 0 spiro atoms. The molecule has 2 aromatic rings. The molecule has 0 aliphatic heterocycles. The van der Waals surface area contributed by atoms with Crippen molar-refractivity contribution in [2.75, 3.05) is 5.73 Å². The van der Waals surface area contributed by atoms with Crippen molar-refractivity contribution < 1.29 is 17.9 Å². The van der Waals surface area contributed by atoms with Crippen LogP contribution in [0.15, 0.2) is 41.3 Å². The molecule has 1 aromatic heterocycles. The van der Waals surface area contributed by atoms with Crippen molar-refractivity contribution in [3.63, 3.8) is 0 Å². The average Bonchev–Trinajstić information content (AvgIpc) is 2.31. The molecular weight excluding hydrogens is 261 g/mol. The molecule has 7 heteroatoms. The third-order valence-electron chi connectivity index (χ3n) is 2.36. The second-order valence-corrected chi connectivity index (χ2v) is 3.72. The average molecular weight is 270 g/mol. The summed E-state index contributed by atoms with van der Waals surface area (Å²) in [4.78, 5) is 13.5. The number of anilines is 1. The molecule has 1 aromatic carbocycles.